The Hall–Kier alpha value is -8.18. The minimum atomic E-state index is -1.06. The molecule has 12 aromatic rings. The molecule has 0 fully saturated rings. The van der Waals surface area contributed by atoms with E-state index in [1.54, 1.807) is 0 Å². The van der Waals surface area contributed by atoms with Crippen LogP contribution >= 0.6 is 0 Å². The summed E-state index contributed by atoms with van der Waals surface area (Å²) in [6, 6.07) is 66.4. The molecule has 0 amide bonds. The fraction of sp³-hybridized carbons (Fsp3) is 0.333. The molecule has 13 rings (SSSR count). The summed E-state index contributed by atoms with van der Waals surface area (Å²) in [7, 11) is 0. The van der Waals surface area contributed by atoms with E-state index in [0.717, 1.165) is 111 Å². The standard InChI is InChI=1S/C90H97N4O2.Pt/c1-54(2)67-30-27-31-68(55(3)4)81(67)59-45-64(49-66(46-59)95-65-37-38-73-78(50-65)94(80-51-74(56(5)52-91-80)90(21,22)89(18,19)20)77-40-39-72-71-29-23-26-36-79(71)96-84(72)82(73)77)92-53-93(76-35-25-24-34-75(76)92)83-69(57-41-60(85(6,7)8)47-61(42-57)86(9,10)11)32-28-33-70(83)58-43-62(87(12,13)14)48-63(44-58)88(15,16)17;/h23-48,51-55H,1-22H3;/q-3;/i52D,54D,55D;. The van der Waals surface area contributed by atoms with Gasteiger partial charge in [0, 0.05) is 86.0 Å². The SMILES string of the molecule is [2H]c1nc(-n2c3[c-]c(Oc4[c-]c(N5[CH-]N(c6c(-c7cc(C(C)(C)C)cc(C(C)(C)C)c7)cccc6-c6cc(C(C)(C)C)cc(C(C)(C)C)c6)c6ccccc65)cc(-c5c(C([2H])(C)C)cccc5C([2H])(C)C)c4)ccc3c3c4oc5ccccc5c4ccc32)cc(C(C)(C)C(C)(C)C)c1C.[Pt]. The summed E-state index contributed by atoms with van der Waals surface area (Å²) in [5.74, 6) is -0.672. The van der Waals surface area contributed by atoms with Gasteiger partial charge in [-0.25, -0.2) is 4.98 Å². The average Bonchev–Trinajstić information content (AvgIpc) is 1.56. The van der Waals surface area contributed by atoms with Crippen molar-refractivity contribution in [2.75, 3.05) is 9.80 Å². The predicted octanol–water partition coefficient (Wildman–Crippen LogP) is 25.9. The number of anilines is 4. The summed E-state index contributed by atoms with van der Waals surface area (Å²) in [5, 5.41) is 3.83. The molecular formula is C90H97N4O2Pt-3. The van der Waals surface area contributed by atoms with Crippen LogP contribution < -0.4 is 14.5 Å². The molecule has 0 saturated carbocycles. The molecule has 0 aliphatic carbocycles. The monoisotopic (exact) mass is 1460 g/mol. The Balaban J connectivity index is 0.00000948. The molecule has 4 heterocycles. The summed E-state index contributed by atoms with van der Waals surface area (Å²) in [6.07, 6.45) is 0.213. The van der Waals surface area contributed by atoms with Gasteiger partial charge in [0.2, 0.25) is 0 Å². The topological polar surface area (TPSA) is 46.7 Å². The van der Waals surface area contributed by atoms with Gasteiger partial charge in [-0.05, 0) is 154 Å². The van der Waals surface area contributed by atoms with E-state index in [2.05, 4.69) is 266 Å². The van der Waals surface area contributed by atoms with E-state index in [4.69, 9.17) is 14.1 Å². The Kier molecular flexibility index (Phi) is 16.5. The first-order valence-electron chi connectivity index (χ1n) is 35.8. The van der Waals surface area contributed by atoms with Crippen LogP contribution in [0.15, 0.2) is 174 Å². The number of ether oxygens (including phenoxy) is 1. The summed E-state index contributed by atoms with van der Waals surface area (Å²) in [6.45, 7) is 50.9. The van der Waals surface area contributed by atoms with E-state index in [1.165, 1.54) is 22.3 Å². The first-order valence-corrected chi connectivity index (χ1v) is 34.3. The molecule has 7 heteroatoms. The second-order valence-electron chi connectivity index (χ2n) is 33.1. The number of hydrogen-bond donors (Lipinski definition) is 0. The van der Waals surface area contributed by atoms with Gasteiger partial charge in [0.15, 0.2) is 0 Å². The van der Waals surface area contributed by atoms with Gasteiger partial charge in [0.05, 0.1) is 1.37 Å². The number of pyridine rings is 1. The zero-order valence-corrected chi connectivity index (χ0v) is 63.4. The fourth-order valence-electron chi connectivity index (χ4n) is 13.8. The quantitative estimate of drug-likeness (QED) is 0.121. The van der Waals surface area contributed by atoms with E-state index < -0.39 is 11.8 Å². The molecule has 502 valence electrons. The summed E-state index contributed by atoms with van der Waals surface area (Å²) < 4.78 is 45.3. The third kappa shape index (κ3) is 12.5. The first-order chi connectivity index (χ1) is 46.1. The molecule has 0 atom stereocenters. The van der Waals surface area contributed by atoms with Gasteiger partial charge in [0.25, 0.3) is 0 Å². The van der Waals surface area contributed by atoms with Crippen LogP contribution in [0.5, 0.6) is 11.5 Å². The van der Waals surface area contributed by atoms with E-state index in [9.17, 15) is 4.11 Å². The van der Waals surface area contributed by atoms with Gasteiger partial charge >= 0.3 is 0 Å². The molecule has 0 saturated heterocycles. The van der Waals surface area contributed by atoms with Crippen LogP contribution in [0.4, 0.5) is 22.7 Å². The van der Waals surface area contributed by atoms with Crippen LogP contribution in [0.1, 0.15) is 206 Å². The Morgan fingerprint density at radius 1 is 0.526 bits per heavy atom. The maximum atomic E-state index is 9.75. The van der Waals surface area contributed by atoms with Gasteiger partial charge in [-0.15, -0.1) is 48.3 Å². The molecule has 3 aromatic heterocycles. The fourth-order valence-corrected chi connectivity index (χ4v) is 13.8. The van der Waals surface area contributed by atoms with Crippen molar-refractivity contribution in [3.05, 3.63) is 233 Å². The maximum absolute atomic E-state index is 9.75. The molecule has 1 aliphatic rings. The summed E-state index contributed by atoms with van der Waals surface area (Å²) >= 11 is 0. The normalized spacial score (nSPS) is 14.1. The molecule has 0 N–H and O–H groups in total. The minimum Gasteiger partial charge on any atom is -0.509 e. The number of nitrogens with zero attached hydrogens (tertiary/aromatic N) is 4. The van der Waals surface area contributed by atoms with Crippen LogP contribution in [0, 0.1) is 31.1 Å². The number of rotatable bonds is 11. The zero-order chi connectivity index (χ0) is 71.4. The molecule has 0 bridgehead atoms. The number of benzene rings is 9. The minimum absolute atomic E-state index is 0. The van der Waals surface area contributed by atoms with Crippen LogP contribution in [-0.4, -0.2) is 9.55 Å². The average molecular weight is 1460 g/mol. The van der Waals surface area contributed by atoms with Crippen molar-refractivity contribution in [3.8, 4) is 50.7 Å². The molecule has 1 aliphatic heterocycles. The van der Waals surface area contributed by atoms with Crippen LogP contribution in [0.3, 0.4) is 0 Å². The van der Waals surface area contributed by atoms with Crippen molar-refractivity contribution < 1.29 is 34.3 Å². The molecule has 0 spiro atoms. The molecule has 0 unspecified atom stereocenters. The van der Waals surface area contributed by atoms with Gasteiger partial charge in [-0.2, -0.15) is 6.07 Å². The van der Waals surface area contributed by atoms with Gasteiger partial charge < -0.3 is 23.5 Å². The number of para-hydroxylation sites is 4. The van der Waals surface area contributed by atoms with Gasteiger partial charge in [0.1, 0.15) is 17.0 Å². The second kappa shape index (κ2) is 24.7. The van der Waals surface area contributed by atoms with Crippen molar-refractivity contribution in [2.45, 2.75) is 191 Å². The Bertz CT molecular complexity index is 5020. The Labute approximate surface area is 597 Å². The number of hydrogen-bond acceptors (Lipinski definition) is 5. The third-order valence-electron chi connectivity index (χ3n) is 20.6. The first kappa shape index (κ1) is 64.8. The van der Waals surface area contributed by atoms with Gasteiger partial charge in [-0.1, -0.05) is 259 Å². The maximum Gasteiger partial charge on any atom is 0.135 e. The summed E-state index contributed by atoms with van der Waals surface area (Å²) in [5.41, 5.74) is 20.4. The zero-order valence-electron chi connectivity index (χ0n) is 64.1. The molecular weight excluding hydrogens is 1360 g/mol. The summed E-state index contributed by atoms with van der Waals surface area (Å²) in [4.78, 5) is 9.71. The van der Waals surface area contributed by atoms with Crippen molar-refractivity contribution in [2.24, 2.45) is 5.41 Å². The second-order valence-corrected chi connectivity index (χ2v) is 33.1. The van der Waals surface area contributed by atoms with Crippen LogP contribution in [0.25, 0.3) is 82.9 Å². The number of aromatic nitrogens is 2. The smallest absolute Gasteiger partial charge is 0.135 e. The van der Waals surface area contributed by atoms with E-state index in [0.29, 0.717) is 28.5 Å². The molecule has 6 nitrogen and oxygen atoms in total. The molecule has 97 heavy (non-hydrogen) atoms. The third-order valence-corrected chi connectivity index (χ3v) is 20.6. The predicted molar refractivity (Wildman–Crippen MR) is 408 cm³/mol. The Morgan fingerprint density at radius 2 is 1.05 bits per heavy atom. The number of furan rings is 1. The molecule has 9 aromatic carbocycles. The van der Waals surface area contributed by atoms with Crippen molar-refractivity contribution >= 4 is 66.5 Å². The molecule has 0 radical (unpaired) electrons. The van der Waals surface area contributed by atoms with Crippen molar-refractivity contribution in [1.82, 2.24) is 9.55 Å². The van der Waals surface area contributed by atoms with Crippen molar-refractivity contribution in [3.63, 3.8) is 0 Å². The number of fused-ring (bicyclic) bond motifs is 8. The largest absolute Gasteiger partial charge is 0.509 e. The van der Waals surface area contributed by atoms with E-state index in [1.807, 2.05) is 83.1 Å². The van der Waals surface area contributed by atoms with Crippen LogP contribution in [0.2, 0.25) is 0 Å². The van der Waals surface area contributed by atoms with Crippen molar-refractivity contribution in [1.29, 1.82) is 0 Å². The van der Waals surface area contributed by atoms with E-state index >= 15 is 0 Å². The van der Waals surface area contributed by atoms with E-state index in [-0.39, 0.29) is 59.7 Å². The van der Waals surface area contributed by atoms with Gasteiger partial charge in [-0.3, -0.25) is 0 Å². The Morgan fingerprint density at radius 3 is 1.60 bits per heavy atom. The van der Waals surface area contributed by atoms with Crippen LogP contribution in [-0.2, 0) is 48.1 Å².